The number of phenolic OH excluding ortho intramolecular Hbond substituents is 1. The van der Waals surface area contributed by atoms with Crippen LogP contribution in [0.2, 0.25) is 0 Å². The molecule has 0 aliphatic carbocycles. The number of hydrogen-bond donors (Lipinski definition) is 2. The summed E-state index contributed by atoms with van der Waals surface area (Å²) in [6.45, 7) is 7.78. The molecule has 0 saturated carbocycles. The summed E-state index contributed by atoms with van der Waals surface area (Å²) in [6, 6.07) is 14.0. The molecule has 0 atom stereocenters. The van der Waals surface area contributed by atoms with Crippen molar-refractivity contribution in [2.45, 2.75) is 19.8 Å². The van der Waals surface area contributed by atoms with E-state index >= 15 is 0 Å². The van der Waals surface area contributed by atoms with Crippen molar-refractivity contribution in [1.82, 2.24) is 9.88 Å². The number of ether oxygens (including phenoxy) is 2. The molecule has 2 aromatic heterocycles. The Morgan fingerprint density at radius 1 is 1.12 bits per heavy atom. The first kappa shape index (κ1) is 22.6. The summed E-state index contributed by atoms with van der Waals surface area (Å²) in [7, 11) is 1.56. The lowest BCUT2D eigenvalue weighted by molar-refractivity contribution is 0.0378. The molecule has 0 unspecified atom stereocenters. The zero-order valence-electron chi connectivity index (χ0n) is 18.8. The lowest BCUT2D eigenvalue weighted by Gasteiger charge is -2.26. The van der Waals surface area contributed by atoms with E-state index in [1.54, 1.807) is 13.2 Å². The van der Waals surface area contributed by atoms with Crippen molar-refractivity contribution in [3.05, 3.63) is 47.3 Å². The largest absolute Gasteiger partial charge is 0.504 e. The van der Waals surface area contributed by atoms with Crippen LogP contribution >= 0.6 is 11.3 Å². The van der Waals surface area contributed by atoms with Gasteiger partial charge in [0, 0.05) is 35.0 Å². The number of pyridine rings is 1. The first-order valence-electron chi connectivity index (χ1n) is 11.2. The van der Waals surface area contributed by atoms with Crippen LogP contribution in [0.3, 0.4) is 0 Å². The zero-order chi connectivity index (χ0) is 22.3. The molecule has 1 aliphatic rings. The Balaban J connectivity index is 1.55. The third-order valence-corrected chi connectivity index (χ3v) is 6.94. The Morgan fingerprint density at radius 3 is 2.72 bits per heavy atom. The standard InChI is InChI=1S/C25H31N3O3S/c1-3-20-6-8-24(32-20)19-15-21(18-5-7-22(29)23(16-18)30-2)27-25(17-19)26-9-4-10-28-11-13-31-14-12-28/h5-8,15-17,29H,3-4,9-14H2,1-2H3,(H,26,27). The van der Waals surface area contributed by atoms with Gasteiger partial charge in [-0.1, -0.05) is 6.92 Å². The lowest BCUT2D eigenvalue weighted by atomic mass is 10.1. The molecule has 3 heterocycles. The topological polar surface area (TPSA) is 66.9 Å². The fraction of sp³-hybridized carbons (Fsp3) is 0.400. The number of aromatic nitrogens is 1. The number of nitrogens with zero attached hydrogens (tertiary/aromatic N) is 2. The summed E-state index contributed by atoms with van der Waals surface area (Å²) >= 11 is 1.82. The SMILES string of the molecule is CCc1ccc(-c2cc(NCCCN3CCOCC3)nc(-c3ccc(O)c(OC)c3)c2)s1. The average Bonchev–Trinajstić information content (AvgIpc) is 3.32. The van der Waals surface area contributed by atoms with E-state index in [0.717, 1.165) is 74.9 Å². The molecular formula is C25H31N3O3S. The molecule has 0 radical (unpaired) electrons. The number of phenols is 1. The van der Waals surface area contributed by atoms with Gasteiger partial charge in [-0.3, -0.25) is 4.90 Å². The summed E-state index contributed by atoms with van der Waals surface area (Å²) in [5.74, 6) is 1.43. The number of thiophene rings is 1. The van der Waals surface area contributed by atoms with E-state index in [0.29, 0.717) is 5.75 Å². The number of nitrogens with one attached hydrogen (secondary N) is 1. The smallest absolute Gasteiger partial charge is 0.161 e. The maximum Gasteiger partial charge on any atom is 0.161 e. The third kappa shape index (κ3) is 5.59. The quantitative estimate of drug-likeness (QED) is 0.450. The van der Waals surface area contributed by atoms with E-state index in [-0.39, 0.29) is 5.75 Å². The molecule has 32 heavy (non-hydrogen) atoms. The minimum atomic E-state index is 0.125. The molecule has 0 spiro atoms. The van der Waals surface area contributed by atoms with E-state index < -0.39 is 0 Å². The summed E-state index contributed by atoms with van der Waals surface area (Å²) in [6.07, 6.45) is 2.08. The number of aromatic hydroxyl groups is 1. The minimum Gasteiger partial charge on any atom is -0.504 e. The van der Waals surface area contributed by atoms with Gasteiger partial charge in [0.25, 0.3) is 0 Å². The van der Waals surface area contributed by atoms with Gasteiger partial charge in [-0.05, 0) is 67.4 Å². The number of morpholine rings is 1. The Labute approximate surface area is 193 Å². The monoisotopic (exact) mass is 453 g/mol. The van der Waals surface area contributed by atoms with Gasteiger partial charge in [0.2, 0.25) is 0 Å². The molecule has 4 rings (SSSR count). The molecule has 1 fully saturated rings. The number of rotatable bonds is 9. The van der Waals surface area contributed by atoms with Gasteiger partial charge < -0.3 is 19.9 Å². The molecule has 170 valence electrons. The minimum absolute atomic E-state index is 0.125. The van der Waals surface area contributed by atoms with Crippen molar-refractivity contribution in [2.75, 3.05) is 51.8 Å². The van der Waals surface area contributed by atoms with Gasteiger partial charge in [-0.25, -0.2) is 4.98 Å². The number of anilines is 1. The second kappa shape index (κ2) is 10.8. The average molecular weight is 454 g/mol. The van der Waals surface area contributed by atoms with Crippen LogP contribution in [0.4, 0.5) is 5.82 Å². The van der Waals surface area contributed by atoms with Gasteiger partial charge in [0.05, 0.1) is 26.0 Å². The Kier molecular flexibility index (Phi) is 7.63. The van der Waals surface area contributed by atoms with Crippen molar-refractivity contribution in [3.8, 4) is 33.2 Å². The number of hydrogen-bond acceptors (Lipinski definition) is 7. The highest BCUT2D eigenvalue weighted by Crippen LogP contribution is 2.35. The van der Waals surface area contributed by atoms with Gasteiger partial charge in [0.15, 0.2) is 11.5 Å². The predicted octanol–water partition coefficient (Wildman–Crippen LogP) is 4.89. The summed E-state index contributed by atoms with van der Waals surface area (Å²) in [5.41, 5.74) is 2.90. The van der Waals surface area contributed by atoms with Crippen molar-refractivity contribution in [3.63, 3.8) is 0 Å². The van der Waals surface area contributed by atoms with Crippen LogP contribution < -0.4 is 10.1 Å². The third-order valence-electron chi connectivity index (χ3n) is 5.66. The van der Waals surface area contributed by atoms with Crippen molar-refractivity contribution < 1.29 is 14.6 Å². The molecule has 1 aliphatic heterocycles. The second-order valence-corrected chi connectivity index (χ2v) is 9.04. The highest BCUT2D eigenvalue weighted by Gasteiger charge is 2.12. The summed E-state index contributed by atoms with van der Waals surface area (Å²) in [4.78, 5) is 9.91. The molecule has 1 saturated heterocycles. The van der Waals surface area contributed by atoms with Gasteiger partial charge in [0.1, 0.15) is 5.82 Å². The lowest BCUT2D eigenvalue weighted by Crippen LogP contribution is -2.37. The van der Waals surface area contributed by atoms with Crippen LogP contribution in [0, 0.1) is 0 Å². The maximum atomic E-state index is 9.98. The van der Waals surface area contributed by atoms with E-state index in [2.05, 4.69) is 41.4 Å². The van der Waals surface area contributed by atoms with Crippen LogP contribution in [0.15, 0.2) is 42.5 Å². The summed E-state index contributed by atoms with van der Waals surface area (Å²) in [5, 5.41) is 13.5. The normalized spacial score (nSPS) is 14.4. The zero-order valence-corrected chi connectivity index (χ0v) is 19.6. The fourth-order valence-electron chi connectivity index (χ4n) is 3.82. The van der Waals surface area contributed by atoms with Gasteiger partial charge in [-0.2, -0.15) is 0 Å². The molecule has 3 aromatic rings. The van der Waals surface area contributed by atoms with E-state index in [4.69, 9.17) is 14.5 Å². The first-order valence-corrected chi connectivity index (χ1v) is 12.0. The molecular weight excluding hydrogens is 422 g/mol. The first-order chi connectivity index (χ1) is 15.7. The van der Waals surface area contributed by atoms with Crippen molar-refractivity contribution >= 4 is 17.2 Å². The van der Waals surface area contributed by atoms with E-state index in [9.17, 15) is 5.11 Å². The molecule has 1 aromatic carbocycles. The van der Waals surface area contributed by atoms with Crippen molar-refractivity contribution in [1.29, 1.82) is 0 Å². The van der Waals surface area contributed by atoms with Crippen LogP contribution in [0.1, 0.15) is 18.2 Å². The Bertz CT molecular complexity index is 1030. The highest BCUT2D eigenvalue weighted by molar-refractivity contribution is 7.15. The molecule has 7 heteroatoms. The van der Waals surface area contributed by atoms with Crippen LogP contribution in [-0.4, -0.2) is 61.5 Å². The number of aryl methyl sites for hydroxylation is 1. The van der Waals surface area contributed by atoms with E-state index in [1.165, 1.54) is 9.75 Å². The predicted molar refractivity (Wildman–Crippen MR) is 131 cm³/mol. The van der Waals surface area contributed by atoms with Crippen LogP contribution in [0.5, 0.6) is 11.5 Å². The second-order valence-electron chi connectivity index (χ2n) is 7.87. The number of methoxy groups -OCH3 is 1. The number of benzene rings is 1. The van der Waals surface area contributed by atoms with Crippen LogP contribution in [-0.2, 0) is 11.2 Å². The molecule has 0 bridgehead atoms. The Hall–Kier alpha value is -2.61. The molecule has 2 N–H and O–H groups in total. The van der Waals surface area contributed by atoms with Crippen molar-refractivity contribution in [2.24, 2.45) is 0 Å². The highest BCUT2D eigenvalue weighted by atomic mass is 32.1. The fourth-order valence-corrected chi connectivity index (χ4v) is 4.75. The maximum absolute atomic E-state index is 9.98. The molecule has 0 amide bonds. The Morgan fingerprint density at radius 2 is 1.97 bits per heavy atom. The summed E-state index contributed by atoms with van der Waals surface area (Å²) < 4.78 is 10.7. The van der Waals surface area contributed by atoms with Gasteiger partial charge in [-0.15, -0.1) is 11.3 Å². The van der Waals surface area contributed by atoms with E-state index in [1.807, 2.05) is 23.5 Å². The molecule has 6 nitrogen and oxygen atoms in total. The van der Waals surface area contributed by atoms with Crippen LogP contribution in [0.25, 0.3) is 21.7 Å². The van der Waals surface area contributed by atoms with Gasteiger partial charge >= 0.3 is 0 Å².